The van der Waals surface area contributed by atoms with E-state index in [1.165, 1.54) is 4.88 Å². The summed E-state index contributed by atoms with van der Waals surface area (Å²) in [4.78, 5) is 22.8. The van der Waals surface area contributed by atoms with Crippen LogP contribution in [0.2, 0.25) is 0 Å². The van der Waals surface area contributed by atoms with Gasteiger partial charge in [-0.05, 0) is 12.5 Å². The Morgan fingerprint density at radius 2 is 2.04 bits per heavy atom. The van der Waals surface area contributed by atoms with Gasteiger partial charge in [0.2, 0.25) is 0 Å². The monoisotopic (exact) mass is 341 g/mol. The summed E-state index contributed by atoms with van der Waals surface area (Å²) in [7, 11) is 0. The third-order valence-electron chi connectivity index (χ3n) is 4.44. The van der Waals surface area contributed by atoms with Gasteiger partial charge >= 0.3 is 0 Å². The predicted molar refractivity (Wildman–Crippen MR) is 95.8 cm³/mol. The largest absolute Gasteiger partial charge is 0.463 e. The molecule has 0 unspecified atom stereocenters. The van der Waals surface area contributed by atoms with E-state index in [0.29, 0.717) is 18.7 Å². The molecule has 1 fully saturated rings. The van der Waals surface area contributed by atoms with Crippen LogP contribution in [0.25, 0.3) is 11.0 Å². The zero-order chi connectivity index (χ0) is 16.5. The highest BCUT2D eigenvalue weighted by Gasteiger charge is 2.25. The number of anilines is 1. The van der Waals surface area contributed by atoms with Crippen LogP contribution in [0.4, 0.5) is 5.13 Å². The van der Waals surface area contributed by atoms with Crippen LogP contribution in [0, 0.1) is 0 Å². The van der Waals surface area contributed by atoms with Crippen LogP contribution in [0.3, 0.4) is 0 Å². The molecule has 1 aliphatic rings. The van der Waals surface area contributed by atoms with E-state index in [2.05, 4.69) is 16.8 Å². The lowest BCUT2D eigenvalue weighted by Crippen LogP contribution is -2.48. The van der Waals surface area contributed by atoms with Crippen LogP contribution in [0.15, 0.2) is 41.1 Å². The number of rotatable bonds is 3. The smallest absolute Gasteiger partial charge is 0.257 e. The van der Waals surface area contributed by atoms with Gasteiger partial charge in [-0.1, -0.05) is 25.1 Å². The molecule has 0 atom stereocenters. The molecule has 1 amide bonds. The van der Waals surface area contributed by atoms with E-state index in [0.717, 1.165) is 35.6 Å². The molecule has 4 rings (SSSR count). The van der Waals surface area contributed by atoms with Gasteiger partial charge in [0.1, 0.15) is 11.8 Å². The minimum Gasteiger partial charge on any atom is -0.463 e. The molecular formula is C18H19N3O2S. The number of carbonyl (C=O) groups excluding carboxylic acids is 1. The number of benzene rings is 1. The van der Waals surface area contributed by atoms with E-state index >= 15 is 0 Å². The molecule has 1 saturated heterocycles. The fourth-order valence-corrected chi connectivity index (χ4v) is 3.92. The van der Waals surface area contributed by atoms with Crippen molar-refractivity contribution < 1.29 is 9.21 Å². The van der Waals surface area contributed by atoms with Crippen LogP contribution in [-0.4, -0.2) is 42.0 Å². The van der Waals surface area contributed by atoms with Crippen molar-refractivity contribution in [1.82, 2.24) is 9.88 Å². The Balaban J connectivity index is 1.46. The first kappa shape index (κ1) is 15.2. The number of hydrogen-bond acceptors (Lipinski definition) is 5. The normalized spacial score (nSPS) is 15.2. The number of thiazole rings is 1. The molecule has 6 heteroatoms. The van der Waals surface area contributed by atoms with Crippen molar-refractivity contribution in [1.29, 1.82) is 0 Å². The van der Waals surface area contributed by atoms with Crippen LogP contribution < -0.4 is 4.90 Å². The molecule has 0 bridgehead atoms. The summed E-state index contributed by atoms with van der Waals surface area (Å²) in [5.74, 6) is 0.0491. The van der Waals surface area contributed by atoms with Crippen molar-refractivity contribution >= 4 is 33.3 Å². The van der Waals surface area contributed by atoms with E-state index in [-0.39, 0.29) is 5.91 Å². The summed E-state index contributed by atoms with van der Waals surface area (Å²) in [6.07, 6.45) is 4.55. The number of amides is 1. The third-order valence-corrected chi connectivity index (χ3v) is 5.64. The first-order chi connectivity index (χ1) is 11.8. The average Bonchev–Trinajstić information content (AvgIpc) is 3.28. The number of fused-ring (bicyclic) bond motifs is 1. The Labute approximate surface area is 144 Å². The van der Waals surface area contributed by atoms with E-state index in [1.54, 1.807) is 17.6 Å². The molecule has 1 aromatic carbocycles. The molecule has 1 aliphatic heterocycles. The standard InChI is InChI=1S/C18H19N3O2S/c1-2-13-11-19-18(24-13)21-9-7-20(8-10-21)17(22)15-12-23-16-6-4-3-5-14(15)16/h3-6,11-12H,2,7-10H2,1H3. The fourth-order valence-electron chi connectivity index (χ4n) is 3.02. The summed E-state index contributed by atoms with van der Waals surface area (Å²) in [6, 6.07) is 7.67. The number of piperazine rings is 1. The predicted octanol–water partition coefficient (Wildman–Crippen LogP) is 3.41. The van der Waals surface area contributed by atoms with Crippen molar-refractivity contribution in [3.05, 3.63) is 47.2 Å². The quantitative estimate of drug-likeness (QED) is 0.732. The summed E-state index contributed by atoms with van der Waals surface area (Å²) >= 11 is 1.75. The molecule has 0 radical (unpaired) electrons. The molecule has 0 N–H and O–H groups in total. The van der Waals surface area contributed by atoms with Gasteiger partial charge in [0, 0.05) is 42.6 Å². The van der Waals surface area contributed by atoms with Gasteiger partial charge in [-0.2, -0.15) is 0 Å². The highest BCUT2D eigenvalue weighted by Crippen LogP contribution is 2.26. The molecule has 24 heavy (non-hydrogen) atoms. The molecule has 2 aromatic heterocycles. The molecule has 5 nitrogen and oxygen atoms in total. The Morgan fingerprint density at radius 1 is 1.25 bits per heavy atom. The molecule has 0 aliphatic carbocycles. The fraction of sp³-hybridized carbons (Fsp3) is 0.333. The minimum atomic E-state index is 0.0491. The molecular weight excluding hydrogens is 322 g/mol. The van der Waals surface area contributed by atoms with Crippen LogP contribution in [0.1, 0.15) is 22.2 Å². The molecule has 3 aromatic rings. The Kier molecular flexibility index (Phi) is 3.98. The summed E-state index contributed by atoms with van der Waals surface area (Å²) in [6.45, 7) is 5.19. The second-order valence-electron chi connectivity index (χ2n) is 5.89. The number of hydrogen-bond donors (Lipinski definition) is 0. The summed E-state index contributed by atoms with van der Waals surface area (Å²) < 4.78 is 5.50. The Hall–Kier alpha value is -2.34. The van der Waals surface area contributed by atoms with Crippen LogP contribution in [0.5, 0.6) is 0 Å². The van der Waals surface area contributed by atoms with Crippen molar-refractivity contribution in [3.63, 3.8) is 0 Å². The topological polar surface area (TPSA) is 49.6 Å². The molecule has 124 valence electrons. The zero-order valence-corrected chi connectivity index (χ0v) is 14.4. The first-order valence-corrected chi connectivity index (χ1v) is 9.03. The summed E-state index contributed by atoms with van der Waals surface area (Å²) in [5, 5.41) is 1.95. The van der Waals surface area contributed by atoms with Gasteiger partial charge in [-0.3, -0.25) is 4.79 Å². The molecule has 0 saturated carbocycles. The second-order valence-corrected chi connectivity index (χ2v) is 6.98. The molecule has 0 spiro atoms. The number of furan rings is 1. The zero-order valence-electron chi connectivity index (χ0n) is 13.6. The lowest BCUT2D eigenvalue weighted by Gasteiger charge is -2.34. The van der Waals surface area contributed by atoms with Gasteiger partial charge < -0.3 is 14.2 Å². The van der Waals surface area contributed by atoms with E-state index < -0.39 is 0 Å². The number of nitrogens with zero attached hydrogens (tertiary/aromatic N) is 3. The number of aromatic nitrogens is 1. The van der Waals surface area contributed by atoms with Crippen LogP contribution in [-0.2, 0) is 6.42 Å². The van der Waals surface area contributed by atoms with E-state index in [9.17, 15) is 4.79 Å². The Bertz CT molecular complexity index is 862. The maximum atomic E-state index is 12.8. The van der Waals surface area contributed by atoms with Crippen molar-refractivity contribution in [2.24, 2.45) is 0 Å². The van der Waals surface area contributed by atoms with E-state index in [1.807, 2.05) is 35.4 Å². The number of carbonyl (C=O) groups is 1. The van der Waals surface area contributed by atoms with Crippen molar-refractivity contribution in [2.75, 3.05) is 31.1 Å². The molecule has 3 heterocycles. The second kappa shape index (κ2) is 6.28. The van der Waals surface area contributed by atoms with Gasteiger partial charge in [-0.15, -0.1) is 11.3 Å². The lowest BCUT2D eigenvalue weighted by atomic mass is 10.1. The lowest BCUT2D eigenvalue weighted by molar-refractivity contribution is 0.0747. The minimum absolute atomic E-state index is 0.0491. The Morgan fingerprint density at radius 3 is 2.79 bits per heavy atom. The van der Waals surface area contributed by atoms with Gasteiger partial charge in [-0.25, -0.2) is 4.98 Å². The third kappa shape index (κ3) is 2.67. The van der Waals surface area contributed by atoms with Gasteiger partial charge in [0.25, 0.3) is 5.91 Å². The number of aryl methyl sites for hydroxylation is 1. The number of para-hydroxylation sites is 1. The van der Waals surface area contributed by atoms with Crippen molar-refractivity contribution in [2.45, 2.75) is 13.3 Å². The average molecular weight is 341 g/mol. The summed E-state index contributed by atoms with van der Waals surface area (Å²) in [5.41, 5.74) is 1.41. The SMILES string of the molecule is CCc1cnc(N2CCN(C(=O)c3coc4ccccc34)CC2)s1. The maximum absolute atomic E-state index is 12.8. The highest BCUT2D eigenvalue weighted by atomic mass is 32.1. The highest BCUT2D eigenvalue weighted by molar-refractivity contribution is 7.15. The first-order valence-electron chi connectivity index (χ1n) is 8.21. The van der Waals surface area contributed by atoms with E-state index in [4.69, 9.17) is 4.42 Å². The van der Waals surface area contributed by atoms with Crippen molar-refractivity contribution in [3.8, 4) is 0 Å². The van der Waals surface area contributed by atoms with Crippen LogP contribution >= 0.6 is 11.3 Å². The maximum Gasteiger partial charge on any atom is 0.257 e. The van der Waals surface area contributed by atoms with Gasteiger partial charge in [0.05, 0.1) is 5.56 Å². The van der Waals surface area contributed by atoms with Gasteiger partial charge in [0.15, 0.2) is 5.13 Å².